The molecule has 0 atom stereocenters. The van der Waals surface area contributed by atoms with Crippen LogP contribution in [0.4, 0.5) is 5.82 Å². The highest BCUT2D eigenvalue weighted by Gasteiger charge is 2.17. The molecule has 0 saturated heterocycles. The molecule has 0 bridgehead atoms. The van der Waals surface area contributed by atoms with Gasteiger partial charge in [-0.3, -0.25) is 4.79 Å². The lowest BCUT2D eigenvalue weighted by atomic mass is 9.99. The van der Waals surface area contributed by atoms with Gasteiger partial charge in [-0.05, 0) is 65.4 Å². The van der Waals surface area contributed by atoms with Crippen LogP contribution in [-0.4, -0.2) is 10.9 Å². The molecule has 0 fully saturated rings. The molecule has 1 amide bonds. The summed E-state index contributed by atoms with van der Waals surface area (Å²) >= 11 is 4.99. The van der Waals surface area contributed by atoms with E-state index in [9.17, 15) is 4.79 Å². The highest BCUT2D eigenvalue weighted by atomic mass is 79.9. The SMILES string of the molecule is O=C(Nc1ncccc1Br)c1cc2c(s1)CCCC2. The number of nitrogens with one attached hydrogen (secondary N) is 1. The third-order valence-corrected chi connectivity index (χ3v) is 5.09. The molecule has 5 heteroatoms. The summed E-state index contributed by atoms with van der Waals surface area (Å²) in [6.07, 6.45) is 6.35. The van der Waals surface area contributed by atoms with Gasteiger partial charge in [-0.1, -0.05) is 0 Å². The molecule has 2 aromatic rings. The van der Waals surface area contributed by atoms with E-state index in [0.29, 0.717) is 5.82 Å². The van der Waals surface area contributed by atoms with Crippen LogP contribution in [0.5, 0.6) is 0 Å². The molecular formula is C14H13BrN2OS. The van der Waals surface area contributed by atoms with Gasteiger partial charge in [0.25, 0.3) is 5.91 Å². The molecule has 0 spiro atoms. The Kier molecular flexibility index (Phi) is 3.66. The van der Waals surface area contributed by atoms with Crippen molar-refractivity contribution in [1.82, 2.24) is 4.98 Å². The van der Waals surface area contributed by atoms with Crippen molar-refractivity contribution in [2.24, 2.45) is 0 Å². The number of pyridine rings is 1. The van der Waals surface area contributed by atoms with E-state index < -0.39 is 0 Å². The Morgan fingerprint density at radius 2 is 2.21 bits per heavy atom. The molecule has 3 rings (SSSR count). The summed E-state index contributed by atoms with van der Waals surface area (Å²) in [4.78, 5) is 18.5. The Morgan fingerprint density at radius 3 is 3.00 bits per heavy atom. The molecule has 0 radical (unpaired) electrons. The minimum absolute atomic E-state index is 0.0706. The van der Waals surface area contributed by atoms with Crippen molar-refractivity contribution in [3.8, 4) is 0 Å². The van der Waals surface area contributed by atoms with E-state index >= 15 is 0 Å². The first kappa shape index (κ1) is 12.8. The smallest absolute Gasteiger partial charge is 0.266 e. The van der Waals surface area contributed by atoms with Crippen LogP contribution in [-0.2, 0) is 12.8 Å². The molecule has 19 heavy (non-hydrogen) atoms. The Balaban J connectivity index is 1.81. The van der Waals surface area contributed by atoms with Gasteiger partial charge in [0.15, 0.2) is 0 Å². The van der Waals surface area contributed by atoms with Gasteiger partial charge in [-0.2, -0.15) is 0 Å². The van der Waals surface area contributed by atoms with Gasteiger partial charge in [0.1, 0.15) is 5.82 Å². The average molecular weight is 337 g/mol. The zero-order valence-corrected chi connectivity index (χ0v) is 12.7. The van der Waals surface area contributed by atoms with Crippen molar-refractivity contribution >= 4 is 39.0 Å². The number of halogens is 1. The van der Waals surface area contributed by atoms with Crippen LogP contribution in [0.15, 0.2) is 28.9 Å². The molecule has 0 unspecified atom stereocenters. The number of rotatable bonds is 2. The number of nitrogens with zero attached hydrogens (tertiary/aromatic N) is 1. The molecule has 0 saturated carbocycles. The normalized spacial score (nSPS) is 13.9. The van der Waals surface area contributed by atoms with E-state index in [4.69, 9.17) is 0 Å². The minimum atomic E-state index is -0.0706. The zero-order chi connectivity index (χ0) is 13.2. The summed E-state index contributed by atoms with van der Waals surface area (Å²) in [5, 5.41) is 2.85. The first-order chi connectivity index (χ1) is 9.24. The molecule has 1 N–H and O–H groups in total. The van der Waals surface area contributed by atoms with Crippen LogP contribution in [0.25, 0.3) is 0 Å². The second-order valence-corrected chi connectivity index (χ2v) is 6.55. The van der Waals surface area contributed by atoms with Gasteiger partial charge in [-0.15, -0.1) is 11.3 Å². The maximum atomic E-state index is 12.2. The van der Waals surface area contributed by atoms with Crippen LogP contribution < -0.4 is 5.32 Å². The zero-order valence-electron chi connectivity index (χ0n) is 10.3. The predicted octanol–water partition coefficient (Wildman–Crippen LogP) is 4.04. The largest absolute Gasteiger partial charge is 0.305 e. The highest BCUT2D eigenvalue weighted by Crippen LogP contribution is 2.30. The lowest BCUT2D eigenvalue weighted by Gasteiger charge is -2.08. The summed E-state index contributed by atoms with van der Waals surface area (Å²) in [6.45, 7) is 0. The number of anilines is 1. The molecule has 1 aliphatic rings. The lowest BCUT2D eigenvalue weighted by molar-refractivity contribution is 0.103. The number of aromatic nitrogens is 1. The summed E-state index contributed by atoms with van der Waals surface area (Å²) in [6, 6.07) is 5.72. The Morgan fingerprint density at radius 1 is 1.37 bits per heavy atom. The number of carbonyl (C=O) groups excluding carboxylic acids is 1. The summed E-state index contributed by atoms with van der Waals surface area (Å²) < 4.78 is 0.796. The first-order valence-corrected chi connectivity index (χ1v) is 7.88. The van der Waals surface area contributed by atoms with Gasteiger partial charge in [0.2, 0.25) is 0 Å². The quantitative estimate of drug-likeness (QED) is 0.899. The van der Waals surface area contributed by atoms with Gasteiger partial charge < -0.3 is 5.32 Å². The number of thiophene rings is 1. The molecule has 2 heterocycles. The van der Waals surface area contributed by atoms with Gasteiger partial charge in [-0.25, -0.2) is 4.98 Å². The second kappa shape index (κ2) is 5.43. The molecular weight excluding hydrogens is 324 g/mol. The highest BCUT2D eigenvalue weighted by molar-refractivity contribution is 9.10. The molecule has 1 aliphatic carbocycles. The third-order valence-electron chi connectivity index (χ3n) is 3.21. The number of carbonyl (C=O) groups is 1. The molecule has 2 aromatic heterocycles. The van der Waals surface area contributed by atoms with Gasteiger partial charge >= 0.3 is 0 Å². The second-order valence-electron chi connectivity index (χ2n) is 4.55. The fourth-order valence-corrected chi connectivity index (χ4v) is 3.75. The fourth-order valence-electron chi connectivity index (χ4n) is 2.25. The Hall–Kier alpha value is -1.20. The van der Waals surface area contributed by atoms with E-state index in [0.717, 1.165) is 22.2 Å². The molecule has 0 aromatic carbocycles. The fraction of sp³-hybridized carbons (Fsp3) is 0.286. The van der Waals surface area contributed by atoms with Crippen molar-refractivity contribution in [1.29, 1.82) is 0 Å². The van der Waals surface area contributed by atoms with Crippen LogP contribution >= 0.6 is 27.3 Å². The number of fused-ring (bicyclic) bond motifs is 1. The third kappa shape index (κ3) is 2.72. The summed E-state index contributed by atoms with van der Waals surface area (Å²) in [5.74, 6) is 0.498. The Labute approximate surface area is 124 Å². The van der Waals surface area contributed by atoms with E-state index in [1.54, 1.807) is 17.5 Å². The molecule has 98 valence electrons. The van der Waals surface area contributed by atoms with E-state index in [2.05, 4.69) is 26.2 Å². The van der Waals surface area contributed by atoms with Crippen LogP contribution in [0.3, 0.4) is 0 Å². The summed E-state index contributed by atoms with van der Waals surface area (Å²) in [5.41, 5.74) is 1.35. The number of hydrogen-bond donors (Lipinski definition) is 1. The van der Waals surface area contributed by atoms with E-state index in [1.807, 2.05) is 18.2 Å². The van der Waals surface area contributed by atoms with Crippen LogP contribution in [0.1, 0.15) is 33.0 Å². The molecule has 3 nitrogen and oxygen atoms in total. The van der Waals surface area contributed by atoms with Crippen molar-refractivity contribution in [2.45, 2.75) is 25.7 Å². The maximum absolute atomic E-state index is 12.2. The van der Waals surface area contributed by atoms with Crippen molar-refractivity contribution in [3.63, 3.8) is 0 Å². The average Bonchev–Trinajstić information content (AvgIpc) is 2.85. The number of amides is 1. The van der Waals surface area contributed by atoms with E-state index in [-0.39, 0.29) is 5.91 Å². The number of hydrogen-bond acceptors (Lipinski definition) is 3. The number of aryl methyl sites for hydroxylation is 2. The van der Waals surface area contributed by atoms with Crippen LogP contribution in [0, 0.1) is 0 Å². The maximum Gasteiger partial charge on any atom is 0.266 e. The van der Waals surface area contributed by atoms with Crippen LogP contribution in [0.2, 0.25) is 0 Å². The topological polar surface area (TPSA) is 42.0 Å². The predicted molar refractivity (Wildman–Crippen MR) is 80.9 cm³/mol. The van der Waals surface area contributed by atoms with Crippen molar-refractivity contribution < 1.29 is 4.79 Å². The van der Waals surface area contributed by atoms with E-state index in [1.165, 1.54) is 23.3 Å². The molecule has 0 aliphatic heterocycles. The monoisotopic (exact) mass is 336 g/mol. The van der Waals surface area contributed by atoms with Gasteiger partial charge in [0.05, 0.1) is 9.35 Å². The lowest BCUT2D eigenvalue weighted by Crippen LogP contribution is -2.11. The van der Waals surface area contributed by atoms with Crippen molar-refractivity contribution in [3.05, 3.63) is 44.2 Å². The van der Waals surface area contributed by atoms with Gasteiger partial charge in [0, 0.05) is 11.1 Å². The first-order valence-electron chi connectivity index (χ1n) is 6.27. The minimum Gasteiger partial charge on any atom is -0.305 e. The Bertz CT molecular complexity index is 600. The standard InChI is InChI=1S/C14H13BrN2OS/c15-10-5-3-7-16-13(10)17-14(18)12-8-9-4-1-2-6-11(9)19-12/h3,5,7-8H,1-2,4,6H2,(H,16,17,18). The van der Waals surface area contributed by atoms with Crippen molar-refractivity contribution in [2.75, 3.05) is 5.32 Å². The summed E-state index contributed by atoms with van der Waals surface area (Å²) in [7, 11) is 0.